The first-order valence-corrected chi connectivity index (χ1v) is 10.7. The summed E-state index contributed by atoms with van der Waals surface area (Å²) in [6.45, 7) is 3.10. The average molecular weight is 399 g/mol. The molecule has 0 atom stereocenters. The van der Waals surface area contributed by atoms with Crippen LogP contribution in [0.15, 0.2) is 67.0 Å². The van der Waals surface area contributed by atoms with Gasteiger partial charge in [-0.05, 0) is 55.2 Å². The van der Waals surface area contributed by atoms with Crippen LogP contribution in [0.25, 0.3) is 21.8 Å². The number of hydrogen-bond acceptors (Lipinski definition) is 3. The first kappa shape index (κ1) is 18.8. The van der Waals surface area contributed by atoms with Gasteiger partial charge in [0.25, 0.3) is 5.91 Å². The third kappa shape index (κ3) is 3.94. The van der Waals surface area contributed by atoms with Crippen LogP contribution in [0.2, 0.25) is 0 Å². The van der Waals surface area contributed by atoms with E-state index in [2.05, 4.69) is 50.6 Å². The number of rotatable bonds is 5. The van der Waals surface area contributed by atoms with Crippen molar-refractivity contribution in [2.45, 2.75) is 25.3 Å². The molecule has 1 aliphatic rings. The van der Waals surface area contributed by atoms with E-state index in [0.717, 1.165) is 49.8 Å². The van der Waals surface area contributed by atoms with Crippen molar-refractivity contribution < 1.29 is 4.79 Å². The zero-order valence-corrected chi connectivity index (χ0v) is 17.0. The summed E-state index contributed by atoms with van der Waals surface area (Å²) < 4.78 is 0. The van der Waals surface area contributed by atoms with Crippen LogP contribution >= 0.6 is 0 Å². The van der Waals surface area contributed by atoms with Crippen LogP contribution in [0, 0.1) is 0 Å². The van der Waals surface area contributed by atoms with Gasteiger partial charge in [0.1, 0.15) is 0 Å². The number of aromatic amines is 1. The summed E-state index contributed by atoms with van der Waals surface area (Å²) in [4.78, 5) is 22.9. The number of piperidine rings is 1. The SMILES string of the molecule is O=C(NC1CCN(CCc2c[nH]c3ccccc23)CC1)c1ccc2ncccc2c1. The molecule has 4 aromatic rings. The van der Waals surface area contributed by atoms with Crippen LogP contribution in [0.4, 0.5) is 0 Å². The van der Waals surface area contributed by atoms with E-state index in [0.29, 0.717) is 5.56 Å². The second-order valence-electron chi connectivity index (χ2n) is 8.11. The van der Waals surface area contributed by atoms with E-state index in [1.54, 1.807) is 6.20 Å². The Bertz CT molecular complexity index is 1170. The van der Waals surface area contributed by atoms with Gasteiger partial charge < -0.3 is 15.2 Å². The zero-order valence-electron chi connectivity index (χ0n) is 17.0. The molecule has 5 heteroatoms. The molecule has 2 aromatic heterocycles. The van der Waals surface area contributed by atoms with E-state index >= 15 is 0 Å². The van der Waals surface area contributed by atoms with Crippen molar-refractivity contribution in [3.63, 3.8) is 0 Å². The zero-order chi connectivity index (χ0) is 20.3. The highest BCUT2D eigenvalue weighted by Crippen LogP contribution is 2.20. The van der Waals surface area contributed by atoms with Crippen molar-refractivity contribution in [3.8, 4) is 0 Å². The number of pyridine rings is 1. The average Bonchev–Trinajstić information content (AvgIpc) is 3.21. The number of aromatic nitrogens is 2. The molecule has 1 saturated heterocycles. The Morgan fingerprint density at radius 3 is 2.87 bits per heavy atom. The highest BCUT2D eigenvalue weighted by atomic mass is 16.1. The third-order valence-electron chi connectivity index (χ3n) is 6.16. The largest absolute Gasteiger partial charge is 0.361 e. The second kappa shape index (κ2) is 8.28. The molecule has 5 rings (SSSR count). The van der Waals surface area contributed by atoms with Gasteiger partial charge in [0, 0.05) is 59.9 Å². The number of para-hydroxylation sites is 1. The molecule has 0 unspecified atom stereocenters. The van der Waals surface area contributed by atoms with Gasteiger partial charge in [-0.15, -0.1) is 0 Å². The monoisotopic (exact) mass is 398 g/mol. The topological polar surface area (TPSA) is 61.0 Å². The maximum Gasteiger partial charge on any atom is 0.251 e. The number of carbonyl (C=O) groups excluding carboxylic acids is 1. The number of H-pyrrole nitrogens is 1. The summed E-state index contributed by atoms with van der Waals surface area (Å²) in [6.07, 6.45) is 6.95. The van der Waals surface area contributed by atoms with Crippen LogP contribution in [0.5, 0.6) is 0 Å². The summed E-state index contributed by atoms with van der Waals surface area (Å²) in [6, 6.07) is 18.3. The predicted octanol–water partition coefficient (Wildman–Crippen LogP) is 4.15. The number of carbonyl (C=O) groups is 1. The number of hydrogen-bond donors (Lipinski definition) is 2. The fourth-order valence-electron chi connectivity index (χ4n) is 4.40. The van der Waals surface area contributed by atoms with E-state index in [1.807, 2.05) is 30.3 Å². The van der Waals surface area contributed by atoms with Gasteiger partial charge in [-0.25, -0.2) is 0 Å². The maximum atomic E-state index is 12.7. The molecule has 2 aromatic carbocycles. The predicted molar refractivity (Wildman–Crippen MR) is 121 cm³/mol. The second-order valence-corrected chi connectivity index (χ2v) is 8.11. The molecule has 1 amide bonds. The number of fused-ring (bicyclic) bond motifs is 2. The van der Waals surface area contributed by atoms with E-state index in [-0.39, 0.29) is 11.9 Å². The molecule has 0 bridgehead atoms. The molecular formula is C25H26N4O. The molecule has 0 spiro atoms. The molecule has 3 heterocycles. The minimum absolute atomic E-state index is 0.0120. The van der Waals surface area contributed by atoms with Gasteiger partial charge in [0.05, 0.1) is 5.52 Å². The highest BCUT2D eigenvalue weighted by molar-refractivity contribution is 5.98. The Balaban J connectivity index is 1.13. The number of amides is 1. The van der Waals surface area contributed by atoms with Gasteiger partial charge in [0.15, 0.2) is 0 Å². The number of nitrogens with zero attached hydrogens (tertiary/aromatic N) is 2. The molecule has 1 fully saturated rings. The number of likely N-dealkylation sites (tertiary alicyclic amines) is 1. The third-order valence-corrected chi connectivity index (χ3v) is 6.16. The first-order chi connectivity index (χ1) is 14.8. The smallest absolute Gasteiger partial charge is 0.251 e. The van der Waals surface area contributed by atoms with Gasteiger partial charge in [-0.1, -0.05) is 24.3 Å². The fourth-order valence-corrected chi connectivity index (χ4v) is 4.40. The van der Waals surface area contributed by atoms with Gasteiger partial charge in [-0.3, -0.25) is 9.78 Å². The van der Waals surface area contributed by atoms with E-state index in [9.17, 15) is 4.79 Å². The Labute approximate surface area is 176 Å². The Kier molecular flexibility index (Phi) is 5.20. The normalized spacial score (nSPS) is 15.6. The van der Waals surface area contributed by atoms with Crippen LogP contribution in [0.1, 0.15) is 28.8 Å². The number of nitrogens with one attached hydrogen (secondary N) is 2. The summed E-state index contributed by atoms with van der Waals surface area (Å²) >= 11 is 0. The lowest BCUT2D eigenvalue weighted by Crippen LogP contribution is -2.45. The van der Waals surface area contributed by atoms with Crippen molar-refractivity contribution in [2.24, 2.45) is 0 Å². The lowest BCUT2D eigenvalue weighted by Gasteiger charge is -2.32. The summed E-state index contributed by atoms with van der Waals surface area (Å²) in [5.41, 5.74) is 4.21. The molecule has 5 nitrogen and oxygen atoms in total. The molecule has 1 aliphatic heterocycles. The summed E-state index contributed by atoms with van der Waals surface area (Å²) in [5.74, 6) is 0.0120. The molecule has 30 heavy (non-hydrogen) atoms. The first-order valence-electron chi connectivity index (χ1n) is 10.7. The minimum atomic E-state index is 0.0120. The van der Waals surface area contributed by atoms with Crippen molar-refractivity contribution in [3.05, 3.63) is 78.1 Å². The van der Waals surface area contributed by atoms with Crippen LogP contribution < -0.4 is 5.32 Å². The standard InChI is InChI=1S/C25H26N4O/c30-25(19-7-8-23-18(16-19)4-3-12-26-23)28-21-10-14-29(15-11-21)13-9-20-17-27-24-6-2-1-5-22(20)24/h1-8,12,16-17,21,27H,9-11,13-15H2,(H,28,30). The van der Waals surface area contributed by atoms with Gasteiger partial charge in [0.2, 0.25) is 0 Å². The van der Waals surface area contributed by atoms with Crippen LogP contribution in [-0.4, -0.2) is 46.5 Å². The van der Waals surface area contributed by atoms with E-state index < -0.39 is 0 Å². The molecule has 2 N–H and O–H groups in total. The Morgan fingerprint density at radius 1 is 1.10 bits per heavy atom. The molecule has 0 radical (unpaired) electrons. The van der Waals surface area contributed by atoms with Gasteiger partial charge >= 0.3 is 0 Å². The van der Waals surface area contributed by atoms with Crippen molar-refractivity contribution in [1.29, 1.82) is 0 Å². The lowest BCUT2D eigenvalue weighted by atomic mass is 10.0. The summed E-state index contributed by atoms with van der Waals surface area (Å²) in [5, 5.41) is 5.54. The van der Waals surface area contributed by atoms with Gasteiger partial charge in [-0.2, -0.15) is 0 Å². The van der Waals surface area contributed by atoms with Crippen molar-refractivity contribution in [1.82, 2.24) is 20.2 Å². The quantitative estimate of drug-likeness (QED) is 0.531. The highest BCUT2D eigenvalue weighted by Gasteiger charge is 2.21. The molecule has 152 valence electrons. The molecular weight excluding hydrogens is 372 g/mol. The Hall–Kier alpha value is -3.18. The number of benzene rings is 2. The lowest BCUT2D eigenvalue weighted by molar-refractivity contribution is 0.0911. The Morgan fingerprint density at radius 2 is 1.97 bits per heavy atom. The molecule has 0 aliphatic carbocycles. The fraction of sp³-hybridized carbons (Fsp3) is 0.280. The van der Waals surface area contributed by atoms with Crippen molar-refractivity contribution in [2.75, 3.05) is 19.6 Å². The van der Waals surface area contributed by atoms with E-state index in [1.165, 1.54) is 16.5 Å². The molecule has 0 saturated carbocycles. The minimum Gasteiger partial charge on any atom is -0.361 e. The van der Waals surface area contributed by atoms with Crippen LogP contribution in [-0.2, 0) is 6.42 Å². The summed E-state index contributed by atoms with van der Waals surface area (Å²) in [7, 11) is 0. The van der Waals surface area contributed by atoms with E-state index in [4.69, 9.17) is 0 Å². The maximum absolute atomic E-state index is 12.7. The van der Waals surface area contributed by atoms with Crippen molar-refractivity contribution >= 4 is 27.7 Å². The van der Waals surface area contributed by atoms with Crippen LogP contribution in [0.3, 0.4) is 0 Å².